The third-order valence-electron chi connectivity index (χ3n) is 3.39. The lowest BCUT2D eigenvalue weighted by atomic mass is 10.1. The number of amides is 1. The molecule has 124 valence electrons. The lowest BCUT2D eigenvalue weighted by Crippen LogP contribution is -2.12. The minimum absolute atomic E-state index is 0.232. The number of benzene rings is 2. The van der Waals surface area contributed by atoms with E-state index in [4.69, 9.17) is 11.6 Å². The molecule has 1 amide bonds. The van der Waals surface area contributed by atoms with Crippen LogP contribution < -0.4 is 5.32 Å². The molecule has 0 aliphatic rings. The maximum Gasteiger partial charge on any atom is 0.257 e. The highest BCUT2D eigenvalue weighted by Gasteiger charge is 2.11. The summed E-state index contributed by atoms with van der Waals surface area (Å²) in [6, 6.07) is 16.8. The molecule has 0 unspecified atom stereocenters. The molecule has 0 fully saturated rings. The lowest BCUT2D eigenvalue weighted by Gasteiger charge is -2.08. The van der Waals surface area contributed by atoms with E-state index < -0.39 is 0 Å². The van der Waals surface area contributed by atoms with Gasteiger partial charge in [0.2, 0.25) is 0 Å². The van der Waals surface area contributed by atoms with Gasteiger partial charge in [0, 0.05) is 16.1 Å². The number of thiophene rings is 1. The Kier molecular flexibility index (Phi) is 5.83. The Morgan fingerprint density at radius 2 is 2.00 bits per heavy atom. The van der Waals surface area contributed by atoms with Crippen molar-refractivity contribution in [2.24, 2.45) is 0 Å². The fourth-order valence-corrected chi connectivity index (χ4v) is 3.38. The molecule has 2 nitrogen and oxygen atoms in total. The molecule has 3 rings (SSSR count). The summed E-state index contributed by atoms with van der Waals surface area (Å²) < 4.78 is 0. The van der Waals surface area contributed by atoms with Gasteiger partial charge in [0.15, 0.2) is 0 Å². The molecule has 0 aliphatic heterocycles. The van der Waals surface area contributed by atoms with Crippen molar-refractivity contribution < 1.29 is 4.79 Å². The maximum absolute atomic E-state index is 12.5. The van der Waals surface area contributed by atoms with Gasteiger partial charge < -0.3 is 5.32 Å². The van der Waals surface area contributed by atoms with E-state index in [9.17, 15) is 4.79 Å². The average Bonchev–Trinajstić information content (AvgIpc) is 3.14. The SMILES string of the molecule is CSc1ccc(Cl)c(C(=O)Nc2cccc(C#Cc3cccs3)c2)c1. The second-order valence-corrected chi connectivity index (χ2v) is 7.34. The van der Waals surface area contributed by atoms with Crippen LogP contribution in [0.25, 0.3) is 0 Å². The smallest absolute Gasteiger partial charge is 0.257 e. The molecule has 1 heterocycles. The minimum Gasteiger partial charge on any atom is -0.322 e. The van der Waals surface area contributed by atoms with Crippen molar-refractivity contribution in [3.8, 4) is 11.8 Å². The van der Waals surface area contributed by atoms with Gasteiger partial charge >= 0.3 is 0 Å². The van der Waals surface area contributed by atoms with Crippen LogP contribution in [0.1, 0.15) is 20.8 Å². The van der Waals surface area contributed by atoms with E-state index in [1.807, 2.05) is 54.1 Å². The van der Waals surface area contributed by atoms with E-state index in [0.29, 0.717) is 16.3 Å². The van der Waals surface area contributed by atoms with Gasteiger partial charge in [0.25, 0.3) is 5.91 Å². The molecular formula is C20H14ClNOS2. The van der Waals surface area contributed by atoms with Gasteiger partial charge in [-0.05, 0) is 54.1 Å². The molecule has 0 radical (unpaired) electrons. The van der Waals surface area contributed by atoms with Crippen molar-refractivity contribution in [2.75, 3.05) is 11.6 Å². The summed E-state index contributed by atoms with van der Waals surface area (Å²) in [7, 11) is 0. The predicted molar refractivity (Wildman–Crippen MR) is 108 cm³/mol. The first-order chi connectivity index (χ1) is 12.2. The van der Waals surface area contributed by atoms with E-state index >= 15 is 0 Å². The second kappa shape index (κ2) is 8.26. The summed E-state index contributed by atoms with van der Waals surface area (Å²) in [5.74, 6) is 5.99. The summed E-state index contributed by atoms with van der Waals surface area (Å²) in [6.45, 7) is 0. The molecule has 0 spiro atoms. The van der Waals surface area contributed by atoms with Crippen LogP contribution in [0.2, 0.25) is 5.02 Å². The normalized spacial score (nSPS) is 10.0. The molecule has 3 aromatic rings. The fraction of sp³-hybridized carbons (Fsp3) is 0.0500. The third kappa shape index (κ3) is 4.67. The monoisotopic (exact) mass is 383 g/mol. The van der Waals surface area contributed by atoms with Crippen molar-refractivity contribution in [2.45, 2.75) is 4.90 Å². The highest BCUT2D eigenvalue weighted by Crippen LogP contribution is 2.24. The maximum atomic E-state index is 12.5. The van der Waals surface area contributed by atoms with Crippen LogP contribution in [0.3, 0.4) is 0 Å². The topological polar surface area (TPSA) is 29.1 Å². The molecule has 0 atom stereocenters. The molecule has 0 bridgehead atoms. The van der Waals surface area contributed by atoms with Gasteiger partial charge in [-0.2, -0.15) is 0 Å². The molecule has 0 aliphatic carbocycles. The van der Waals surface area contributed by atoms with Crippen LogP contribution in [0.4, 0.5) is 5.69 Å². The molecule has 2 aromatic carbocycles. The lowest BCUT2D eigenvalue weighted by molar-refractivity contribution is 0.102. The quantitative estimate of drug-likeness (QED) is 0.459. The third-order valence-corrected chi connectivity index (χ3v) is 5.23. The Morgan fingerprint density at radius 1 is 1.12 bits per heavy atom. The molecule has 0 saturated heterocycles. The second-order valence-electron chi connectivity index (χ2n) is 5.11. The summed E-state index contributed by atoms with van der Waals surface area (Å²) >= 11 is 9.33. The molecule has 5 heteroatoms. The van der Waals surface area contributed by atoms with Gasteiger partial charge in [-0.25, -0.2) is 0 Å². The van der Waals surface area contributed by atoms with E-state index in [1.165, 1.54) is 0 Å². The zero-order valence-electron chi connectivity index (χ0n) is 13.4. The molecule has 1 aromatic heterocycles. The number of halogens is 1. The Bertz CT molecular complexity index is 955. The van der Waals surface area contributed by atoms with E-state index in [-0.39, 0.29) is 5.91 Å². The highest BCUT2D eigenvalue weighted by atomic mass is 35.5. The fourth-order valence-electron chi connectivity index (χ4n) is 2.16. The minimum atomic E-state index is -0.232. The average molecular weight is 384 g/mol. The van der Waals surface area contributed by atoms with E-state index in [1.54, 1.807) is 35.2 Å². The van der Waals surface area contributed by atoms with E-state index in [2.05, 4.69) is 17.2 Å². The Morgan fingerprint density at radius 3 is 2.76 bits per heavy atom. The summed E-state index contributed by atoms with van der Waals surface area (Å²) in [5.41, 5.74) is 1.99. The van der Waals surface area contributed by atoms with Crippen LogP contribution >= 0.6 is 34.7 Å². The number of hydrogen-bond acceptors (Lipinski definition) is 3. The summed E-state index contributed by atoms with van der Waals surface area (Å²) in [6.07, 6.45) is 1.96. The van der Waals surface area contributed by atoms with Crippen LogP contribution in [0, 0.1) is 11.8 Å². The van der Waals surface area contributed by atoms with Crippen LogP contribution in [0.5, 0.6) is 0 Å². The number of hydrogen-bond donors (Lipinski definition) is 1. The number of anilines is 1. The van der Waals surface area contributed by atoms with Gasteiger partial charge in [-0.15, -0.1) is 23.1 Å². The number of thioether (sulfide) groups is 1. The molecule has 1 N–H and O–H groups in total. The summed E-state index contributed by atoms with van der Waals surface area (Å²) in [4.78, 5) is 14.5. The van der Waals surface area contributed by atoms with Gasteiger partial charge in [0.05, 0.1) is 15.5 Å². The number of rotatable bonds is 3. The van der Waals surface area contributed by atoms with Crippen molar-refractivity contribution >= 4 is 46.3 Å². The first-order valence-electron chi connectivity index (χ1n) is 7.46. The molecule has 0 saturated carbocycles. The zero-order chi connectivity index (χ0) is 17.6. The zero-order valence-corrected chi connectivity index (χ0v) is 15.8. The van der Waals surface area contributed by atoms with Crippen LogP contribution in [0.15, 0.2) is 64.9 Å². The summed E-state index contributed by atoms with van der Waals surface area (Å²) in [5, 5.41) is 5.31. The van der Waals surface area contributed by atoms with Crippen molar-refractivity contribution in [3.63, 3.8) is 0 Å². The predicted octanol–water partition coefficient (Wildman–Crippen LogP) is 5.78. The number of carbonyl (C=O) groups excluding carboxylic acids is 1. The first kappa shape index (κ1) is 17.6. The number of nitrogens with one attached hydrogen (secondary N) is 1. The largest absolute Gasteiger partial charge is 0.322 e. The first-order valence-corrected chi connectivity index (χ1v) is 9.94. The standard InChI is InChI=1S/C20H14ClNOS2/c1-24-17-9-10-19(21)18(13-17)20(23)22-15-5-2-4-14(12-15)7-8-16-6-3-11-25-16/h2-6,9-13H,1H3,(H,22,23). The van der Waals surface area contributed by atoms with Gasteiger partial charge in [-0.3, -0.25) is 4.79 Å². The van der Waals surface area contributed by atoms with Crippen molar-refractivity contribution in [1.29, 1.82) is 0 Å². The van der Waals surface area contributed by atoms with Crippen LogP contribution in [-0.4, -0.2) is 12.2 Å². The van der Waals surface area contributed by atoms with Gasteiger partial charge in [-0.1, -0.05) is 35.6 Å². The number of carbonyl (C=O) groups is 1. The molecular weight excluding hydrogens is 370 g/mol. The van der Waals surface area contributed by atoms with Crippen molar-refractivity contribution in [3.05, 3.63) is 81.0 Å². The van der Waals surface area contributed by atoms with E-state index in [0.717, 1.165) is 15.3 Å². The Labute approximate surface area is 160 Å². The molecule has 25 heavy (non-hydrogen) atoms. The van der Waals surface area contributed by atoms with Crippen LogP contribution in [-0.2, 0) is 0 Å². The highest BCUT2D eigenvalue weighted by molar-refractivity contribution is 7.98. The Balaban J connectivity index is 1.79. The van der Waals surface area contributed by atoms with Gasteiger partial charge in [0.1, 0.15) is 0 Å². The Hall–Kier alpha value is -2.19. The van der Waals surface area contributed by atoms with Crippen molar-refractivity contribution in [1.82, 2.24) is 0 Å².